The van der Waals surface area contributed by atoms with E-state index in [-0.39, 0.29) is 18.0 Å². The van der Waals surface area contributed by atoms with E-state index >= 15 is 0 Å². The molecule has 21 heavy (non-hydrogen) atoms. The van der Waals surface area contributed by atoms with Crippen LogP contribution in [0.15, 0.2) is 24.3 Å². The van der Waals surface area contributed by atoms with Crippen molar-refractivity contribution in [3.8, 4) is 0 Å². The van der Waals surface area contributed by atoms with Crippen molar-refractivity contribution in [3.63, 3.8) is 0 Å². The fraction of sp³-hybridized carbons (Fsp3) is 0.737. The molecular formula is C19H30O2. The minimum atomic E-state index is -0.147. The van der Waals surface area contributed by atoms with Crippen LogP contribution < -0.4 is 0 Å². The molecule has 0 spiro atoms. The summed E-state index contributed by atoms with van der Waals surface area (Å²) in [6, 6.07) is 0. The van der Waals surface area contributed by atoms with Gasteiger partial charge in [-0.05, 0) is 44.9 Å². The summed E-state index contributed by atoms with van der Waals surface area (Å²) in [7, 11) is 0. The highest BCUT2D eigenvalue weighted by Crippen LogP contribution is 2.34. The maximum absolute atomic E-state index is 11.7. The Morgan fingerprint density at radius 2 is 1.43 bits per heavy atom. The Balaban J connectivity index is 1.85. The van der Waals surface area contributed by atoms with Crippen molar-refractivity contribution in [2.45, 2.75) is 83.2 Å². The summed E-state index contributed by atoms with van der Waals surface area (Å²) in [5.74, 6) is 0.135. The van der Waals surface area contributed by atoms with E-state index in [4.69, 9.17) is 4.74 Å². The summed E-state index contributed by atoms with van der Waals surface area (Å²) in [6.45, 7) is 3.97. The van der Waals surface area contributed by atoms with Crippen LogP contribution in [0.3, 0.4) is 0 Å². The highest BCUT2D eigenvalue weighted by atomic mass is 16.6. The topological polar surface area (TPSA) is 26.3 Å². The second kappa shape index (κ2) is 9.07. The number of fused-ring (bicyclic) bond motifs is 1. The van der Waals surface area contributed by atoms with Crippen LogP contribution in [0.1, 0.15) is 77.0 Å². The van der Waals surface area contributed by atoms with Crippen molar-refractivity contribution < 1.29 is 9.53 Å². The van der Waals surface area contributed by atoms with Gasteiger partial charge in [0.05, 0.1) is 0 Å². The number of carbonyl (C=O) groups is 1. The maximum Gasteiger partial charge on any atom is 0.334 e. The molecule has 1 heterocycles. The second-order valence-corrected chi connectivity index (χ2v) is 6.53. The average molecular weight is 290 g/mol. The Morgan fingerprint density at radius 3 is 2.19 bits per heavy atom. The number of hydrogen-bond acceptors (Lipinski definition) is 2. The lowest BCUT2D eigenvalue weighted by Crippen LogP contribution is -2.16. The predicted molar refractivity (Wildman–Crippen MR) is 87.1 cm³/mol. The number of allylic oxidation sites excluding steroid dienone is 2. The average Bonchev–Trinajstić information content (AvgIpc) is 2.73. The molecule has 1 aliphatic carbocycles. The smallest absolute Gasteiger partial charge is 0.334 e. The van der Waals surface area contributed by atoms with Crippen LogP contribution in [0.25, 0.3) is 0 Å². The molecule has 2 nitrogen and oxygen atoms in total. The zero-order valence-corrected chi connectivity index (χ0v) is 13.3. The third-order valence-electron chi connectivity index (χ3n) is 4.83. The van der Waals surface area contributed by atoms with Gasteiger partial charge in [0.15, 0.2) is 0 Å². The lowest BCUT2D eigenvalue weighted by molar-refractivity contribution is -0.139. The van der Waals surface area contributed by atoms with Crippen LogP contribution in [0.5, 0.6) is 0 Å². The van der Waals surface area contributed by atoms with Gasteiger partial charge in [-0.25, -0.2) is 4.79 Å². The SMILES string of the molecule is C=C1C(=O)O[C@H]2CCCCC/C=C/CCCCCCC[C@@H]12. The van der Waals surface area contributed by atoms with Crippen LogP contribution in [-0.2, 0) is 9.53 Å². The number of rotatable bonds is 0. The molecule has 1 saturated heterocycles. The van der Waals surface area contributed by atoms with Gasteiger partial charge in [-0.1, -0.05) is 50.8 Å². The molecule has 0 bridgehead atoms. The van der Waals surface area contributed by atoms with Crippen molar-refractivity contribution >= 4 is 5.97 Å². The summed E-state index contributed by atoms with van der Waals surface area (Å²) in [6.07, 6.45) is 19.4. The van der Waals surface area contributed by atoms with Gasteiger partial charge >= 0.3 is 5.97 Å². The molecule has 0 unspecified atom stereocenters. The zero-order chi connectivity index (χ0) is 14.9. The number of hydrogen-bond donors (Lipinski definition) is 0. The first-order valence-corrected chi connectivity index (χ1v) is 8.84. The third kappa shape index (κ3) is 5.33. The molecule has 2 atom stereocenters. The maximum atomic E-state index is 11.7. The van der Waals surface area contributed by atoms with Gasteiger partial charge in [-0.3, -0.25) is 0 Å². The lowest BCUT2D eigenvalue weighted by atomic mass is 9.88. The number of ether oxygens (including phenoxy) is 1. The monoisotopic (exact) mass is 290 g/mol. The molecular weight excluding hydrogens is 260 g/mol. The van der Waals surface area contributed by atoms with Crippen LogP contribution in [0, 0.1) is 5.92 Å². The minimum Gasteiger partial charge on any atom is -0.458 e. The van der Waals surface area contributed by atoms with E-state index in [1.54, 1.807) is 0 Å². The van der Waals surface area contributed by atoms with Gasteiger partial charge in [0.1, 0.15) is 6.10 Å². The Hall–Kier alpha value is -1.05. The fourth-order valence-electron chi connectivity index (χ4n) is 3.47. The van der Waals surface area contributed by atoms with E-state index in [0.29, 0.717) is 0 Å². The van der Waals surface area contributed by atoms with E-state index in [9.17, 15) is 4.79 Å². The summed E-state index contributed by atoms with van der Waals surface area (Å²) < 4.78 is 5.53. The first-order valence-electron chi connectivity index (χ1n) is 8.84. The van der Waals surface area contributed by atoms with Crippen molar-refractivity contribution in [3.05, 3.63) is 24.3 Å². The normalized spacial score (nSPS) is 31.4. The van der Waals surface area contributed by atoms with Crippen molar-refractivity contribution in [2.24, 2.45) is 5.92 Å². The summed E-state index contributed by atoms with van der Waals surface area (Å²) in [4.78, 5) is 11.7. The summed E-state index contributed by atoms with van der Waals surface area (Å²) in [5.41, 5.74) is 0.726. The summed E-state index contributed by atoms with van der Waals surface area (Å²) in [5, 5.41) is 0. The van der Waals surface area contributed by atoms with E-state index in [0.717, 1.165) is 24.8 Å². The molecule has 0 aromatic carbocycles. The fourth-order valence-corrected chi connectivity index (χ4v) is 3.47. The van der Waals surface area contributed by atoms with Crippen LogP contribution in [-0.4, -0.2) is 12.1 Å². The first-order chi connectivity index (χ1) is 10.3. The first kappa shape index (κ1) is 16.3. The van der Waals surface area contributed by atoms with Crippen molar-refractivity contribution in [1.29, 1.82) is 0 Å². The van der Waals surface area contributed by atoms with E-state index in [2.05, 4.69) is 18.7 Å². The highest BCUT2D eigenvalue weighted by Gasteiger charge is 2.37. The zero-order valence-electron chi connectivity index (χ0n) is 13.3. The molecule has 0 aromatic rings. The molecule has 0 N–H and O–H groups in total. The van der Waals surface area contributed by atoms with E-state index in [1.807, 2.05) is 0 Å². The molecule has 0 radical (unpaired) electrons. The Kier molecular flexibility index (Phi) is 7.05. The molecule has 2 heteroatoms. The predicted octanol–water partition coefficient (Wildman–Crippen LogP) is 5.34. The Labute approximate surface area is 129 Å². The standard InChI is InChI=1S/C19H30O2/c1-16-17-14-12-10-8-6-4-2-3-5-7-9-11-13-15-18(17)21-19(16)20/h3,5,17-18H,1-2,4,6-15H2/b5-3+/t17-,18-/m0/s1. The van der Waals surface area contributed by atoms with Gasteiger partial charge in [0, 0.05) is 11.5 Å². The second-order valence-electron chi connectivity index (χ2n) is 6.53. The minimum absolute atomic E-state index is 0.105. The highest BCUT2D eigenvalue weighted by molar-refractivity contribution is 5.90. The van der Waals surface area contributed by atoms with Gasteiger partial charge in [-0.15, -0.1) is 0 Å². The molecule has 118 valence electrons. The van der Waals surface area contributed by atoms with Crippen molar-refractivity contribution in [2.75, 3.05) is 0 Å². The van der Waals surface area contributed by atoms with Gasteiger partial charge in [-0.2, -0.15) is 0 Å². The van der Waals surface area contributed by atoms with Gasteiger partial charge < -0.3 is 4.74 Å². The Bertz CT molecular complexity index is 370. The number of carbonyl (C=O) groups excluding carboxylic acids is 1. The van der Waals surface area contributed by atoms with Crippen LogP contribution in [0.2, 0.25) is 0 Å². The largest absolute Gasteiger partial charge is 0.458 e. The molecule has 0 saturated carbocycles. The van der Waals surface area contributed by atoms with E-state index < -0.39 is 0 Å². The molecule has 1 aliphatic heterocycles. The molecule has 0 aromatic heterocycles. The summed E-state index contributed by atoms with van der Waals surface area (Å²) >= 11 is 0. The lowest BCUT2D eigenvalue weighted by Gasteiger charge is -2.17. The molecule has 2 aliphatic rings. The molecule has 1 fully saturated rings. The number of esters is 1. The van der Waals surface area contributed by atoms with Crippen LogP contribution >= 0.6 is 0 Å². The molecule has 0 amide bonds. The van der Waals surface area contributed by atoms with Crippen LogP contribution in [0.4, 0.5) is 0 Å². The van der Waals surface area contributed by atoms with Gasteiger partial charge in [0.25, 0.3) is 0 Å². The van der Waals surface area contributed by atoms with Gasteiger partial charge in [0.2, 0.25) is 0 Å². The third-order valence-corrected chi connectivity index (χ3v) is 4.83. The van der Waals surface area contributed by atoms with Crippen molar-refractivity contribution in [1.82, 2.24) is 0 Å². The Morgan fingerprint density at radius 1 is 0.857 bits per heavy atom. The quantitative estimate of drug-likeness (QED) is 0.342. The molecule has 2 rings (SSSR count). The van der Waals surface area contributed by atoms with E-state index in [1.165, 1.54) is 57.8 Å².